The van der Waals surface area contributed by atoms with Gasteiger partial charge in [-0.25, -0.2) is 9.98 Å². The van der Waals surface area contributed by atoms with Gasteiger partial charge < -0.3 is 9.47 Å². The highest BCUT2D eigenvalue weighted by atomic mass is 16.5. The van der Waals surface area contributed by atoms with Crippen LogP contribution in [0.4, 0.5) is 0 Å². The largest absolute Gasteiger partial charge is 0.474 e. The van der Waals surface area contributed by atoms with Crippen LogP contribution >= 0.6 is 0 Å². The molecule has 4 heteroatoms. The number of hydrogen-bond acceptors (Lipinski definition) is 4. The summed E-state index contributed by atoms with van der Waals surface area (Å²) in [6.07, 6.45) is 2.07. The van der Waals surface area contributed by atoms with Crippen molar-refractivity contribution in [2.45, 2.75) is 51.0 Å². The highest BCUT2D eigenvalue weighted by molar-refractivity contribution is 6.05. The average Bonchev–Trinajstić information content (AvgIpc) is 3.39. The molecule has 0 aromatic heterocycles. The van der Waals surface area contributed by atoms with E-state index >= 15 is 0 Å². The third-order valence-electron chi connectivity index (χ3n) is 6.40. The van der Waals surface area contributed by atoms with E-state index in [1.165, 1.54) is 22.3 Å². The minimum absolute atomic E-state index is 0.109. The van der Waals surface area contributed by atoms with Crippen LogP contribution in [-0.4, -0.2) is 24.0 Å². The predicted octanol–water partition coefficient (Wildman–Crippen LogP) is 4.20. The van der Waals surface area contributed by atoms with Gasteiger partial charge in [0.2, 0.25) is 0 Å². The smallest absolute Gasteiger partial charge is 0.199 e. The molecule has 0 amide bonds. The number of benzene rings is 2. The van der Waals surface area contributed by atoms with Crippen molar-refractivity contribution >= 4 is 11.8 Å². The van der Waals surface area contributed by atoms with Gasteiger partial charge in [-0.3, -0.25) is 0 Å². The molecular formula is C23H22N2O2. The Morgan fingerprint density at radius 3 is 1.67 bits per heavy atom. The van der Waals surface area contributed by atoms with Gasteiger partial charge in [-0.2, -0.15) is 0 Å². The van der Waals surface area contributed by atoms with E-state index in [0.29, 0.717) is 0 Å². The zero-order valence-corrected chi connectivity index (χ0v) is 15.6. The summed E-state index contributed by atoms with van der Waals surface area (Å²) in [5, 5.41) is 0. The van der Waals surface area contributed by atoms with E-state index in [-0.39, 0.29) is 24.3 Å². The van der Waals surface area contributed by atoms with Crippen LogP contribution < -0.4 is 0 Å². The molecule has 136 valence electrons. The number of nitrogens with zero attached hydrogens (tertiary/aromatic N) is 2. The quantitative estimate of drug-likeness (QED) is 0.807. The molecule has 0 fully saturated rings. The van der Waals surface area contributed by atoms with E-state index in [0.717, 1.165) is 24.6 Å². The normalized spacial score (nSPS) is 29.9. The Kier molecular flexibility index (Phi) is 2.98. The fourth-order valence-electron chi connectivity index (χ4n) is 4.90. The lowest BCUT2D eigenvalue weighted by Crippen LogP contribution is -2.36. The lowest BCUT2D eigenvalue weighted by atomic mass is 9.92. The van der Waals surface area contributed by atoms with Crippen LogP contribution in [0.1, 0.15) is 48.2 Å². The maximum absolute atomic E-state index is 6.33. The van der Waals surface area contributed by atoms with Gasteiger partial charge >= 0.3 is 0 Å². The number of rotatable bonds is 2. The molecule has 0 unspecified atom stereocenters. The minimum atomic E-state index is -0.446. The molecule has 4 aliphatic rings. The molecule has 0 radical (unpaired) electrons. The average molecular weight is 358 g/mol. The maximum atomic E-state index is 6.33. The van der Waals surface area contributed by atoms with Crippen molar-refractivity contribution in [2.24, 2.45) is 15.4 Å². The van der Waals surface area contributed by atoms with Crippen LogP contribution in [0.5, 0.6) is 0 Å². The van der Waals surface area contributed by atoms with Crippen molar-refractivity contribution in [1.82, 2.24) is 0 Å². The molecule has 0 N–H and O–H groups in total. The second-order valence-corrected chi connectivity index (χ2v) is 8.50. The molecule has 27 heavy (non-hydrogen) atoms. The van der Waals surface area contributed by atoms with Crippen molar-refractivity contribution in [1.29, 1.82) is 0 Å². The second kappa shape index (κ2) is 5.22. The Morgan fingerprint density at radius 1 is 0.741 bits per heavy atom. The summed E-state index contributed by atoms with van der Waals surface area (Å²) in [5.74, 6) is 1.53. The SMILES string of the molecule is CC(C)(C1=N[C@@H]2c3ccccc3C[C@@H]2O1)C1=N[C@@H]2c3ccccc3C[C@@H]2O1. The van der Waals surface area contributed by atoms with Gasteiger partial charge in [-0.15, -0.1) is 0 Å². The molecule has 2 aliphatic heterocycles. The molecule has 2 aliphatic carbocycles. The van der Waals surface area contributed by atoms with Crippen molar-refractivity contribution in [3.8, 4) is 0 Å². The van der Waals surface area contributed by atoms with Crippen LogP contribution in [0.3, 0.4) is 0 Å². The van der Waals surface area contributed by atoms with Gasteiger partial charge in [0.25, 0.3) is 0 Å². The highest BCUT2D eigenvalue weighted by Crippen LogP contribution is 2.46. The number of hydrogen-bond donors (Lipinski definition) is 0. The van der Waals surface area contributed by atoms with E-state index in [9.17, 15) is 0 Å². The van der Waals surface area contributed by atoms with Crippen LogP contribution in [0.2, 0.25) is 0 Å². The fraction of sp³-hybridized carbons (Fsp3) is 0.391. The monoisotopic (exact) mass is 358 g/mol. The number of ether oxygens (including phenoxy) is 2. The van der Waals surface area contributed by atoms with Gasteiger partial charge in [0.1, 0.15) is 29.7 Å². The number of fused-ring (bicyclic) bond motifs is 6. The molecule has 2 aromatic carbocycles. The molecule has 4 nitrogen and oxygen atoms in total. The minimum Gasteiger partial charge on any atom is -0.474 e. The molecular weight excluding hydrogens is 336 g/mol. The predicted molar refractivity (Wildman–Crippen MR) is 104 cm³/mol. The topological polar surface area (TPSA) is 43.2 Å². The maximum Gasteiger partial charge on any atom is 0.199 e. The van der Waals surface area contributed by atoms with E-state index in [1.54, 1.807) is 0 Å². The van der Waals surface area contributed by atoms with Gasteiger partial charge in [-0.05, 0) is 36.1 Å². The van der Waals surface area contributed by atoms with Crippen LogP contribution in [-0.2, 0) is 22.3 Å². The van der Waals surface area contributed by atoms with Gasteiger partial charge in [0.15, 0.2) is 11.8 Å². The standard InChI is InChI=1S/C23H22N2O2/c1-23(2,21-24-19-15-9-5-3-7-13(15)11-17(19)26-21)22-25-20-16-10-6-4-8-14(16)12-18(20)27-22/h3-10,17-20H,11-12H2,1-2H3/t17-,18-,19+,20+/m0/s1. The summed E-state index contributed by atoms with van der Waals surface area (Å²) in [5.41, 5.74) is 4.86. The highest BCUT2D eigenvalue weighted by Gasteiger charge is 2.50. The second-order valence-electron chi connectivity index (χ2n) is 8.50. The Morgan fingerprint density at radius 2 is 1.19 bits per heavy atom. The van der Waals surface area contributed by atoms with Crippen LogP contribution in [0.15, 0.2) is 58.5 Å². The molecule has 6 rings (SSSR count). The van der Waals surface area contributed by atoms with Crippen molar-refractivity contribution in [2.75, 3.05) is 0 Å². The Hall–Kier alpha value is -2.62. The van der Waals surface area contributed by atoms with Crippen molar-refractivity contribution in [3.63, 3.8) is 0 Å². The van der Waals surface area contributed by atoms with Crippen molar-refractivity contribution in [3.05, 3.63) is 70.8 Å². The van der Waals surface area contributed by atoms with E-state index < -0.39 is 5.41 Å². The van der Waals surface area contributed by atoms with Crippen molar-refractivity contribution < 1.29 is 9.47 Å². The van der Waals surface area contributed by atoms with Gasteiger partial charge in [0.05, 0.1) is 0 Å². The lowest BCUT2D eigenvalue weighted by molar-refractivity contribution is 0.170. The number of aliphatic imine (C=N–C) groups is 2. The summed E-state index contributed by atoms with van der Waals surface area (Å²) in [6.45, 7) is 4.23. The first-order chi connectivity index (χ1) is 13.1. The van der Waals surface area contributed by atoms with Gasteiger partial charge in [0, 0.05) is 12.8 Å². The summed E-state index contributed by atoms with van der Waals surface area (Å²) in [7, 11) is 0. The van der Waals surface area contributed by atoms with E-state index in [1.807, 2.05) is 0 Å². The Bertz CT molecular complexity index is 927. The Balaban J connectivity index is 1.32. The Labute approximate surface area is 158 Å². The molecule has 0 saturated heterocycles. The van der Waals surface area contributed by atoms with Crippen LogP contribution in [0, 0.1) is 5.41 Å². The summed E-state index contributed by atoms with van der Waals surface area (Å²) >= 11 is 0. The molecule has 0 spiro atoms. The molecule has 4 atom stereocenters. The van der Waals surface area contributed by atoms with Gasteiger partial charge in [-0.1, -0.05) is 48.5 Å². The first-order valence-corrected chi connectivity index (χ1v) is 9.77. The molecule has 2 heterocycles. The summed E-state index contributed by atoms with van der Waals surface area (Å²) < 4.78 is 12.7. The zero-order valence-electron chi connectivity index (χ0n) is 15.6. The zero-order chi connectivity index (χ0) is 18.2. The fourth-order valence-corrected chi connectivity index (χ4v) is 4.90. The van der Waals surface area contributed by atoms with E-state index in [2.05, 4.69) is 62.4 Å². The summed E-state index contributed by atoms with van der Waals surface area (Å²) in [6, 6.07) is 17.3. The molecule has 2 aromatic rings. The van der Waals surface area contributed by atoms with E-state index in [4.69, 9.17) is 19.5 Å². The first kappa shape index (κ1) is 15.4. The van der Waals surface area contributed by atoms with Crippen LogP contribution in [0.25, 0.3) is 0 Å². The first-order valence-electron chi connectivity index (χ1n) is 9.77. The molecule has 0 saturated carbocycles. The lowest BCUT2D eigenvalue weighted by Gasteiger charge is -2.25. The third kappa shape index (κ3) is 2.10. The molecule has 0 bridgehead atoms. The third-order valence-corrected chi connectivity index (χ3v) is 6.40. The summed E-state index contributed by atoms with van der Waals surface area (Å²) in [4.78, 5) is 9.96.